The van der Waals surface area contributed by atoms with E-state index in [9.17, 15) is 10.2 Å². The first-order chi connectivity index (χ1) is 15.0. The second kappa shape index (κ2) is 13.0. The van der Waals surface area contributed by atoms with Crippen LogP contribution in [0.5, 0.6) is 0 Å². The van der Waals surface area contributed by atoms with Crippen molar-refractivity contribution in [2.24, 2.45) is 17.3 Å². The Morgan fingerprint density at radius 2 is 1.00 bits per heavy atom. The first-order valence-corrected chi connectivity index (χ1v) is 12.3. The normalized spacial score (nSPS) is 15.9. The van der Waals surface area contributed by atoms with Crippen molar-refractivity contribution in [3.8, 4) is 0 Å². The molecule has 0 radical (unpaired) electrons. The van der Waals surface area contributed by atoms with E-state index >= 15 is 0 Å². The van der Waals surface area contributed by atoms with Gasteiger partial charge in [0.15, 0.2) is 0 Å². The highest BCUT2D eigenvalue weighted by Gasteiger charge is 2.36. The van der Waals surface area contributed by atoms with Gasteiger partial charge in [-0.3, -0.25) is 0 Å². The zero-order valence-electron chi connectivity index (χ0n) is 20.1. The molecule has 2 aromatic rings. The summed E-state index contributed by atoms with van der Waals surface area (Å²) in [6, 6.07) is 21.4. The van der Waals surface area contributed by atoms with Crippen molar-refractivity contribution < 1.29 is 10.2 Å². The Labute approximate surface area is 190 Å². The van der Waals surface area contributed by atoms with Gasteiger partial charge >= 0.3 is 0 Å². The average Bonchev–Trinajstić information content (AvgIpc) is 2.83. The van der Waals surface area contributed by atoms with Crippen LogP contribution < -0.4 is 0 Å². The molecular weight excluding hydrogens is 380 g/mol. The lowest BCUT2D eigenvalue weighted by atomic mass is 9.68. The Balaban J connectivity index is 2.33. The molecule has 0 bridgehead atoms. The minimum atomic E-state index is -0.484. The summed E-state index contributed by atoms with van der Waals surface area (Å²) >= 11 is 0. The number of aliphatic hydroxyl groups is 2. The topological polar surface area (TPSA) is 40.5 Å². The lowest BCUT2D eigenvalue weighted by molar-refractivity contribution is 0.0239. The van der Waals surface area contributed by atoms with Crippen LogP contribution in [0.4, 0.5) is 0 Å². The molecular formula is C29H44O2. The van der Waals surface area contributed by atoms with Crippen molar-refractivity contribution in [2.45, 2.75) is 78.1 Å². The summed E-state index contributed by atoms with van der Waals surface area (Å²) in [5.74, 6) is 1.92. The van der Waals surface area contributed by atoms with Crippen LogP contribution >= 0.6 is 0 Å². The molecule has 31 heavy (non-hydrogen) atoms. The van der Waals surface area contributed by atoms with E-state index in [0.717, 1.165) is 38.5 Å². The molecule has 0 saturated carbocycles. The number of rotatable bonds is 14. The van der Waals surface area contributed by atoms with Gasteiger partial charge in [0.25, 0.3) is 0 Å². The number of hydrogen-bond donors (Lipinski definition) is 2. The van der Waals surface area contributed by atoms with Crippen molar-refractivity contribution in [3.05, 3.63) is 71.8 Å². The molecule has 0 fully saturated rings. The molecule has 2 nitrogen and oxygen atoms in total. The summed E-state index contributed by atoms with van der Waals surface area (Å²) < 4.78 is 0. The van der Waals surface area contributed by atoms with Crippen LogP contribution in [-0.4, -0.2) is 23.4 Å². The Kier molecular flexibility index (Phi) is 10.8. The molecule has 2 rings (SSSR count). The van der Waals surface area contributed by atoms with Gasteiger partial charge < -0.3 is 10.2 Å². The fourth-order valence-electron chi connectivity index (χ4n) is 4.87. The lowest BCUT2D eigenvalue weighted by Gasteiger charge is -2.38. The number of benzene rings is 2. The van der Waals surface area contributed by atoms with E-state index < -0.39 is 5.41 Å². The number of aliphatic hydroxyl groups excluding tert-OH is 2. The molecule has 0 heterocycles. The fourth-order valence-corrected chi connectivity index (χ4v) is 4.87. The maximum atomic E-state index is 10.6. The highest BCUT2D eigenvalue weighted by molar-refractivity contribution is 5.22. The maximum Gasteiger partial charge on any atom is 0.0509 e. The Hall–Kier alpha value is -1.64. The van der Waals surface area contributed by atoms with E-state index in [0.29, 0.717) is 23.7 Å². The molecule has 2 heteroatoms. The van der Waals surface area contributed by atoms with E-state index in [4.69, 9.17) is 0 Å². The van der Waals surface area contributed by atoms with Crippen LogP contribution in [0, 0.1) is 17.3 Å². The second-order valence-electron chi connectivity index (χ2n) is 9.94. The molecule has 4 atom stereocenters. The van der Waals surface area contributed by atoms with Crippen LogP contribution in [0.2, 0.25) is 0 Å². The molecule has 0 aromatic heterocycles. The van der Waals surface area contributed by atoms with Gasteiger partial charge in [-0.25, -0.2) is 0 Å². The smallest absolute Gasteiger partial charge is 0.0509 e. The van der Waals surface area contributed by atoms with Crippen molar-refractivity contribution in [1.29, 1.82) is 0 Å². The Morgan fingerprint density at radius 3 is 1.29 bits per heavy atom. The molecule has 172 valence electrons. The monoisotopic (exact) mass is 424 g/mol. The molecule has 0 amide bonds. The molecule has 4 unspecified atom stereocenters. The van der Waals surface area contributed by atoms with Gasteiger partial charge in [-0.05, 0) is 60.5 Å². The zero-order chi connectivity index (χ0) is 22.7. The van der Waals surface area contributed by atoms with E-state index in [1.165, 1.54) is 11.1 Å². The van der Waals surface area contributed by atoms with Gasteiger partial charge in [-0.1, -0.05) is 101 Å². The van der Waals surface area contributed by atoms with Gasteiger partial charge in [0.2, 0.25) is 0 Å². The van der Waals surface area contributed by atoms with E-state index in [1.807, 2.05) is 0 Å². The van der Waals surface area contributed by atoms with Crippen LogP contribution in [0.25, 0.3) is 0 Å². The van der Waals surface area contributed by atoms with Crippen LogP contribution in [-0.2, 0) is 0 Å². The summed E-state index contributed by atoms with van der Waals surface area (Å²) in [4.78, 5) is 0. The Bertz CT molecular complexity index is 649. The average molecular weight is 425 g/mol. The SMILES string of the molecule is CCC(C)CC(CC(CO)(CO)CC(CC(C)CC)c1ccccc1)c1ccccc1. The molecule has 0 aliphatic heterocycles. The molecule has 0 aliphatic carbocycles. The molecule has 2 N–H and O–H groups in total. The minimum Gasteiger partial charge on any atom is -0.396 e. The molecule has 0 aliphatic rings. The molecule has 2 aromatic carbocycles. The summed E-state index contributed by atoms with van der Waals surface area (Å²) in [6.45, 7) is 9.16. The molecule has 0 saturated heterocycles. The second-order valence-corrected chi connectivity index (χ2v) is 9.94. The van der Waals surface area contributed by atoms with E-state index in [-0.39, 0.29) is 13.2 Å². The standard InChI is InChI=1S/C29H44O2/c1-5-23(3)17-27(25-13-9-7-10-14-25)19-29(21-30,22-31)20-28(18-24(4)6-2)26-15-11-8-12-16-26/h7-16,23-24,27-28,30-31H,5-6,17-22H2,1-4H3. The van der Waals surface area contributed by atoms with Crippen molar-refractivity contribution in [2.75, 3.05) is 13.2 Å². The highest BCUT2D eigenvalue weighted by atomic mass is 16.3. The van der Waals surface area contributed by atoms with E-state index in [2.05, 4.69) is 88.4 Å². The predicted molar refractivity (Wildman–Crippen MR) is 132 cm³/mol. The van der Waals surface area contributed by atoms with Crippen LogP contribution in [0.15, 0.2) is 60.7 Å². The van der Waals surface area contributed by atoms with Gasteiger partial charge in [-0.15, -0.1) is 0 Å². The van der Waals surface area contributed by atoms with Crippen molar-refractivity contribution in [3.63, 3.8) is 0 Å². The van der Waals surface area contributed by atoms with Crippen molar-refractivity contribution >= 4 is 0 Å². The third-order valence-corrected chi connectivity index (χ3v) is 7.34. The third-order valence-electron chi connectivity index (χ3n) is 7.34. The Morgan fingerprint density at radius 1 is 0.645 bits per heavy atom. The van der Waals surface area contributed by atoms with Gasteiger partial charge in [0, 0.05) is 5.41 Å². The summed E-state index contributed by atoms with van der Waals surface area (Å²) in [7, 11) is 0. The maximum absolute atomic E-state index is 10.6. The first kappa shape index (κ1) is 25.6. The number of hydrogen-bond acceptors (Lipinski definition) is 2. The van der Waals surface area contributed by atoms with Gasteiger partial charge in [-0.2, -0.15) is 0 Å². The summed E-state index contributed by atoms with van der Waals surface area (Å²) in [5.41, 5.74) is 2.17. The van der Waals surface area contributed by atoms with Gasteiger partial charge in [0.05, 0.1) is 13.2 Å². The van der Waals surface area contributed by atoms with Crippen molar-refractivity contribution in [1.82, 2.24) is 0 Å². The van der Waals surface area contributed by atoms with E-state index in [1.54, 1.807) is 0 Å². The highest BCUT2D eigenvalue weighted by Crippen LogP contribution is 2.44. The third kappa shape index (κ3) is 7.77. The first-order valence-electron chi connectivity index (χ1n) is 12.3. The largest absolute Gasteiger partial charge is 0.396 e. The van der Waals surface area contributed by atoms with Crippen LogP contribution in [0.1, 0.15) is 89.2 Å². The predicted octanol–water partition coefficient (Wildman–Crippen LogP) is 7.18. The minimum absolute atomic E-state index is 0.0250. The zero-order valence-corrected chi connectivity index (χ0v) is 20.1. The summed E-state index contributed by atoms with van der Waals surface area (Å²) in [6.07, 6.45) is 6.11. The molecule has 0 spiro atoms. The van der Waals surface area contributed by atoms with Crippen LogP contribution in [0.3, 0.4) is 0 Å². The quantitative estimate of drug-likeness (QED) is 0.337. The summed E-state index contributed by atoms with van der Waals surface area (Å²) in [5, 5.41) is 21.2. The van der Waals surface area contributed by atoms with Gasteiger partial charge in [0.1, 0.15) is 0 Å². The fraction of sp³-hybridized carbons (Fsp3) is 0.586. The lowest BCUT2D eigenvalue weighted by Crippen LogP contribution is -2.34.